The summed E-state index contributed by atoms with van der Waals surface area (Å²) in [6, 6.07) is 8.54. The second kappa shape index (κ2) is 7.65. The average molecular weight is 439 g/mol. The average Bonchev–Trinajstić information content (AvgIpc) is 3.08. The summed E-state index contributed by atoms with van der Waals surface area (Å²) in [4.78, 5) is 6.97. The Morgan fingerprint density at radius 1 is 1.11 bits per heavy atom. The number of fused-ring (bicyclic) bond motifs is 1. The number of sulfonamides is 1. The van der Waals surface area contributed by atoms with E-state index in [0.717, 1.165) is 16.9 Å². The van der Waals surface area contributed by atoms with Gasteiger partial charge < -0.3 is 4.40 Å². The molecule has 0 unspecified atom stereocenters. The first-order valence-corrected chi connectivity index (χ1v) is 11.1. The summed E-state index contributed by atoms with van der Waals surface area (Å²) in [5.41, 5.74) is 3.06. The first-order valence-electron chi connectivity index (χ1n) is 8.95. The van der Waals surface area contributed by atoms with Gasteiger partial charge in [-0.1, -0.05) is 29.3 Å². The molecule has 0 atom stereocenters. The zero-order valence-electron chi connectivity index (χ0n) is 15.3. The van der Waals surface area contributed by atoms with Crippen LogP contribution in [0, 0.1) is 6.92 Å². The van der Waals surface area contributed by atoms with E-state index < -0.39 is 10.0 Å². The van der Waals surface area contributed by atoms with Gasteiger partial charge in [0.2, 0.25) is 10.0 Å². The maximum atomic E-state index is 12.9. The van der Waals surface area contributed by atoms with Crippen molar-refractivity contribution in [2.75, 3.05) is 26.2 Å². The molecule has 2 aromatic heterocycles. The minimum absolute atomic E-state index is 0.0611. The molecule has 1 saturated heterocycles. The smallest absolute Gasteiger partial charge is 0.244 e. The number of imidazole rings is 1. The molecule has 0 N–H and O–H groups in total. The molecule has 0 saturated carbocycles. The SMILES string of the molecule is Cc1cccn2cc(CN3CCN(S(=O)(=O)c4cc(Cl)ccc4Cl)CC3)nc12. The number of pyridine rings is 1. The molecule has 3 aromatic rings. The van der Waals surface area contributed by atoms with Crippen molar-refractivity contribution in [3.63, 3.8) is 0 Å². The molecule has 1 aromatic carbocycles. The second-order valence-electron chi connectivity index (χ2n) is 6.91. The number of aryl methyl sites for hydroxylation is 1. The van der Waals surface area contributed by atoms with Crippen LogP contribution in [0.15, 0.2) is 47.6 Å². The van der Waals surface area contributed by atoms with Crippen molar-refractivity contribution in [1.82, 2.24) is 18.6 Å². The minimum Gasteiger partial charge on any atom is -0.307 e. The highest BCUT2D eigenvalue weighted by Gasteiger charge is 2.30. The summed E-state index contributed by atoms with van der Waals surface area (Å²) < 4.78 is 29.3. The largest absolute Gasteiger partial charge is 0.307 e. The van der Waals surface area contributed by atoms with Gasteiger partial charge in [0.05, 0.1) is 10.7 Å². The Morgan fingerprint density at radius 3 is 2.57 bits per heavy atom. The van der Waals surface area contributed by atoms with Gasteiger partial charge in [-0.15, -0.1) is 0 Å². The molecule has 6 nitrogen and oxygen atoms in total. The maximum absolute atomic E-state index is 12.9. The monoisotopic (exact) mass is 438 g/mol. The van der Waals surface area contributed by atoms with Gasteiger partial charge in [0.1, 0.15) is 10.5 Å². The van der Waals surface area contributed by atoms with Crippen molar-refractivity contribution >= 4 is 38.9 Å². The number of hydrogen-bond donors (Lipinski definition) is 0. The number of nitrogens with zero attached hydrogens (tertiary/aromatic N) is 4. The van der Waals surface area contributed by atoms with Crippen molar-refractivity contribution in [2.24, 2.45) is 0 Å². The molecule has 0 amide bonds. The van der Waals surface area contributed by atoms with E-state index in [-0.39, 0.29) is 9.92 Å². The highest BCUT2D eigenvalue weighted by molar-refractivity contribution is 7.89. The van der Waals surface area contributed by atoms with Crippen LogP contribution in [0.25, 0.3) is 5.65 Å². The Bertz CT molecular complexity index is 1120. The van der Waals surface area contributed by atoms with Crippen molar-refractivity contribution < 1.29 is 8.42 Å². The van der Waals surface area contributed by atoms with Crippen LogP contribution in [-0.4, -0.2) is 53.2 Å². The first kappa shape index (κ1) is 19.7. The van der Waals surface area contributed by atoms with Gasteiger partial charge in [-0.2, -0.15) is 4.31 Å². The van der Waals surface area contributed by atoms with Crippen molar-refractivity contribution in [3.8, 4) is 0 Å². The number of hydrogen-bond acceptors (Lipinski definition) is 4. The van der Waals surface area contributed by atoms with Gasteiger partial charge >= 0.3 is 0 Å². The van der Waals surface area contributed by atoms with Crippen molar-refractivity contribution in [3.05, 3.63) is 64.0 Å². The summed E-state index contributed by atoms with van der Waals surface area (Å²) >= 11 is 12.1. The quantitative estimate of drug-likeness (QED) is 0.625. The van der Waals surface area contributed by atoms with Gasteiger partial charge in [0, 0.05) is 50.1 Å². The van der Waals surface area contributed by atoms with Gasteiger partial charge in [-0.25, -0.2) is 13.4 Å². The molecule has 0 spiro atoms. The standard InChI is InChI=1S/C19H20Cl2N4O2S/c1-14-3-2-6-24-13-16(22-19(14)24)12-23-7-9-25(10-8-23)28(26,27)18-11-15(20)4-5-17(18)21/h2-6,11,13H,7-10,12H2,1H3. The summed E-state index contributed by atoms with van der Waals surface area (Å²) in [6.45, 7) is 4.79. The van der Waals surface area contributed by atoms with Gasteiger partial charge in [-0.3, -0.25) is 4.90 Å². The first-order chi connectivity index (χ1) is 13.3. The molecule has 148 valence electrons. The number of halogens is 2. The zero-order valence-corrected chi connectivity index (χ0v) is 17.7. The lowest BCUT2D eigenvalue weighted by atomic mass is 10.3. The summed E-state index contributed by atoms with van der Waals surface area (Å²) in [6.07, 6.45) is 4.01. The number of aromatic nitrogens is 2. The van der Waals surface area contributed by atoms with Crippen molar-refractivity contribution in [1.29, 1.82) is 0 Å². The van der Waals surface area contributed by atoms with E-state index in [1.165, 1.54) is 16.4 Å². The van der Waals surface area contributed by atoms with Crippen molar-refractivity contribution in [2.45, 2.75) is 18.4 Å². The molecular weight excluding hydrogens is 419 g/mol. The highest BCUT2D eigenvalue weighted by atomic mass is 35.5. The Hall–Kier alpha value is -1.64. The lowest BCUT2D eigenvalue weighted by Crippen LogP contribution is -2.48. The third-order valence-electron chi connectivity index (χ3n) is 4.96. The summed E-state index contributed by atoms with van der Waals surface area (Å²) in [7, 11) is -3.67. The Kier molecular flexibility index (Phi) is 5.37. The van der Waals surface area contributed by atoms with Gasteiger partial charge in [0.15, 0.2) is 0 Å². The van der Waals surface area contributed by atoms with E-state index in [9.17, 15) is 8.42 Å². The van der Waals surface area contributed by atoms with Crippen LogP contribution >= 0.6 is 23.2 Å². The molecule has 0 radical (unpaired) electrons. The highest BCUT2D eigenvalue weighted by Crippen LogP contribution is 2.28. The van der Waals surface area contributed by atoms with Crippen LogP contribution in [0.3, 0.4) is 0 Å². The molecule has 0 aliphatic carbocycles. The lowest BCUT2D eigenvalue weighted by molar-refractivity contribution is 0.180. The van der Waals surface area contributed by atoms with E-state index >= 15 is 0 Å². The van der Waals surface area contributed by atoms with Crippen LogP contribution in [0.5, 0.6) is 0 Å². The van der Waals surface area contributed by atoms with E-state index in [0.29, 0.717) is 37.7 Å². The van der Waals surface area contributed by atoms with Crippen LogP contribution in [0.4, 0.5) is 0 Å². The minimum atomic E-state index is -3.67. The number of rotatable bonds is 4. The molecular formula is C19H20Cl2N4O2S. The van der Waals surface area contributed by atoms with Crippen LogP contribution in [0.2, 0.25) is 10.0 Å². The van der Waals surface area contributed by atoms with E-state index in [1.54, 1.807) is 6.07 Å². The number of piperazine rings is 1. The van der Waals surface area contributed by atoms with E-state index in [1.807, 2.05) is 35.9 Å². The molecule has 4 rings (SSSR count). The van der Waals surface area contributed by atoms with Gasteiger partial charge in [0.25, 0.3) is 0 Å². The van der Waals surface area contributed by atoms with E-state index in [2.05, 4.69) is 4.90 Å². The fourth-order valence-corrected chi connectivity index (χ4v) is 5.61. The zero-order chi connectivity index (χ0) is 19.9. The van der Waals surface area contributed by atoms with E-state index in [4.69, 9.17) is 28.2 Å². The summed E-state index contributed by atoms with van der Waals surface area (Å²) in [5, 5.41) is 0.538. The molecule has 1 aliphatic rings. The summed E-state index contributed by atoms with van der Waals surface area (Å²) in [5.74, 6) is 0. The molecule has 28 heavy (non-hydrogen) atoms. The second-order valence-corrected chi connectivity index (χ2v) is 9.66. The third-order valence-corrected chi connectivity index (χ3v) is 7.57. The molecule has 9 heteroatoms. The Labute approximate surface area is 174 Å². The fourth-order valence-electron chi connectivity index (χ4n) is 3.45. The van der Waals surface area contributed by atoms with Crippen LogP contribution < -0.4 is 0 Å². The molecule has 1 aliphatic heterocycles. The fraction of sp³-hybridized carbons (Fsp3) is 0.316. The normalized spacial score (nSPS) is 16.7. The van der Waals surface area contributed by atoms with Crippen LogP contribution in [-0.2, 0) is 16.6 Å². The molecule has 3 heterocycles. The molecule has 1 fully saturated rings. The Balaban J connectivity index is 1.45. The number of benzene rings is 1. The Morgan fingerprint density at radius 2 is 1.86 bits per heavy atom. The maximum Gasteiger partial charge on any atom is 0.244 e. The van der Waals surface area contributed by atoms with Gasteiger partial charge in [-0.05, 0) is 36.8 Å². The third kappa shape index (κ3) is 3.77. The predicted octanol–water partition coefficient (Wildman–Crippen LogP) is 3.46. The predicted molar refractivity (Wildman–Crippen MR) is 110 cm³/mol. The molecule has 0 bridgehead atoms. The lowest BCUT2D eigenvalue weighted by Gasteiger charge is -2.33. The topological polar surface area (TPSA) is 57.9 Å². The van der Waals surface area contributed by atoms with Crippen LogP contribution in [0.1, 0.15) is 11.3 Å².